The molecule has 0 spiro atoms. The summed E-state index contributed by atoms with van der Waals surface area (Å²) < 4.78 is 0. The molecule has 0 nitrogen and oxygen atoms in total. The Bertz CT molecular complexity index is 147. The molecular weight excluding hydrogens is 247 g/mol. The van der Waals surface area contributed by atoms with Crippen LogP contribution in [-0.2, 0) is 0 Å². The van der Waals surface area contributed by atoms with Gasteiger partial charge in [-0.15, -0.1) is 0 Å². The van der Waals surface area contributed by atoms with Crippen molar-refractivity contribution in [2.75, 3.05) is 24.6 Å². The number of hydrogen-bond acceptors (Lipinski definition) is 0. The van der Waals surface area contributed by atoms with Crippen molar-refractivity contribution in [1.29, 1.82) is 0 Å². The summed E-state index contributed by atoms with van der Waals surface area (Å²) in [5.41, 5.74) is 0. The van der Waals surface area contributed by atoms with E-state index in [2.05, 4.69) is 33.4 Å². The number of allylic oxidation sites excluding steroid dienone is 1. The lowest BCUT2D eigenvalue weighted by molar-refractivity contribution is -0.00000373. The summed E-state index contributed by atoms with van der Waals surface area (Å²) in [7, 11) is -0.664. The fraction of sp³-hybridized carbons (Fsp3) is 0.867. The van der Waals surface area contributed by atoms with Crippen LogP contribution in [-0.4, -0.2) is 24.6 Å². The molecule has 0 bridgehead atoms. The average molecular weight is 279 g/mol. The van der Waals surface area contributed by atoms with Gasteiger partial charge >= 0.3 is 0 Å². The van der Waals surface area contributed by atoms with Gasteiger partial charge in [-0.05, 0) is 19.3 Å². The van der Waals surface area contributed by atoms with Gasteiger partial charge in [-0.25, -0.2) is 0 Å². The smallest absolute Gasteiger partial charge is 0.0771 e. The minimum absolute atomic E-state index is 0. The fourth-order valence-electron chi connectivity index (χ4n) is 2.36. The van der Waals surface area contributed by atoms with Crippen LogP contribution >= 0.6 is 7.26 Å². The molecular formula is C15H32ClP. The lowest BCUT2D eigenvalue weighted by atomic mass is 10.4. The minimum atomic E-state index is -0.664. The zero-order chi connectivity index (χ0) is 12.3. The van der Waals surface area contributed by atoms with Gasteiger partial charge in [-0.2, -0.15) is 0 Å². The Balaban J connectivity index is 0. The fourth-order valence-corrected chi connectivity index (χ4v) is 7.09. The molecule has 0 aromatic heterocycles. The van der Waals surface area contributed by atoms with E-state index >= 15 is 0 Å². The summed E-state index contributed by atoms with van der Waals surface area (Å²) >= 11 is 0. The van der Waals surface area contributed by atoms with Gasteiger partial charge in [-0.1, -0.05) is 52.7 Å². The van der Waals surface area contributed by atoms with Crippen molar-refractivity contribution in [3.05, 3.63) is 12.7 Å². The van der Waals surface area contributed by atoms with E-state index in [1.807, 2.05) is 0 Å². The van der Waals surface area contributed by atoms with E-state index in [0.29, 0.717) is 0 Å². The predicted octanol–water partition coefficient (Wildman–Crippen LogP) is 2.59. The molecule has 0 saturated heterocycles. The van der Waals surface area contributed by atoms with E-state index < -0.39 is 7.26 Å². The largest absolute Gasteiger partial charge is 1.00 e. The maximum atomic E-state index is 4.00. The first kappa shape index (κ1) is 19.8. The highest BCUT2D eigenvalue weighted by Gasteiger charge is 2.33. The Morgan fingerprint density at radius 1 is 0.824 bits per heavy atom. The summed E-state index contributed by atoms with van der Waals surface area (Å²) in [6.07, 6.45) is 16.5. The summed E-state index contributed by atoms with van der Waals surface area (Å²) in [6, 6.07) is 0. The second-order valence-corrected chi connectivity index (χ2v) is 9.43. The van der Waals surface area contributed by atoms with Crippen LogP contribution in [0.2, 0.25) is 0 Å². The molecule has 0 atom stereocenters. The van der Waals surface area contributed by atoms with Crippen molar-refractivity contribution in [2.24, 2.45) is 0 Å². The summed E-state index contributed by atoms with van der Waals surface area (Å²) in [5, 5.41) is 0. The van der Waals surface area contributed by atoms with Gasteiger partial charge in [0.15, 0.2) is 0 Å². The van der Waals surface area contributed by atoms with Gasteiger partial charge in [0.1, 0.15) is 0 Å². The van der Waals surface area contributed by atoms with Crippen LogP contribution in [0.3, 0.4) is 0 Å². The lowest BCUT2D eigenvalue weighted by Crippen LogP contribution is -3.00. The van der Waals surface area contributed by atoms with Crippen LogP contribution < -0.4 is 12.4 Å². The molecule has 0 fully saturated rings. The van der Waals surface area contributed by atoms with E-state index in [-0.39, 0.29) is 12.4 Å². The van der Waals surface area contributed by atoms with Crippen molar-refractivity contribution in [2.45, 2.75) is 59.3 Å². The molecule has 0 aliphatic heterocycles. The number of rotatable bonds is 11. The van der Waals surface area contributed by atoms with Crippen molar-refractivity contribution >= 4 is 7.26 Å². The van der Waals surface area contributed by atoms with Crippen LogP contribution in [0.4, 0.5) is 0 Å². The number of hydrogen-bond donors (Lipinski definition) is 0. The average Bonchev–Trinajstić information content (AvgIpc) is 2.31. The zero-order valence-electron chi connectivity index (χ0n) is 12.2. The van der Waals surface area contributed by atoms with Crippen LogP contribution in [0.1, 0.15) is 59.3 Å². The maximum absolute atomic E-state index is 4.00. The maximum Gasteiger partial charge on any atom is 0.0771 e. The third-order valence-corrected chi connectivity index (χ3v) is 8.30. The minimum Gasteiger partial charge on any atom is -1.00 e. The summed E-state index contributed by atoms with van der Waals surface area (Å²) in [4.78, 5) is 0. The van der Waals surface area contributed by atoms with Crippen molar-refractivity contribution < 1.29 is 12.4 Å². The first-order valence-corrected chi connectivity index (χ1v) is 9.73. The number of unbranched alkanes of at least 4 members (excludes halogenated alkanes) is 3. The summed E-state index contributed by atoms with van der Waals surface area (Å²) in [5.74, 6) is 0. The third-order valence-electron chi connectivity index (χ3n) is 3.47. The molecule has 17 heavy (non-hydrogen) atoms. The zero-order valence-corrected chi connectivity index (χ0v) is 13.8. The molecule has 0 radical (unpaired) electrons. The Morgan fingerprint density at radius 3 is 1.41 bits per heavy atom. The molecule has 104 valence electrons. The van der Waals surface area contributed by atoms with Crippen LogP contribution in [0.15, 0.2) is 12.7 Å². The highest BCUT2D eigenvalue weighted by atomic mass is 35.5. The Kier molecular flexibility index (Phi) is 15.0. The van der Waals surface area contributed by atoms with Crippen LogP contribution in [0.5, 0.6) is 0 Å². The topological polar surface area (TPSA) is 0 Å². The first-order valence-electron chi connectivity index (χ1n) is 7.20. The lowest BCUT2D eigenvalue weighted by Gasteiger charge is -2.26. The Hall–Kier alpha value is 0.460. The molecule has 0 aliphatic rings. The van der Waals surface area contributed by atoms with Crippen LogP contribution in [0.25, 0.3) is 0 Å². The molecule has 0 heterocycles. The van der Waals surface area contributed by atoms with Gasteiger partial charge in [0.2, 0.25) is 0 Å². The van der Waals surface area contributed by atoms with E-state index in [1.165, 1.54) is 63.2 Å². The molecule has 0 saturated carbocycles. The van der Waals surface area contributed by atoms with Gasteiger partial charge in [0, 0.05) is 7.26 Å². The van der Waals surface area contributed by atoms with E-state index in [1.54, 1.807) is 0 Å². The molecule has 0 aromatic carbocycles. The van der Waals surface area contributed by atoms with Crippen LogP contribution in [0, 0.1) is 0 Å². The SMILES string of the molecule is C=CC[P+](CCCC)(CCCC)CCCC.[Cl-]. The van der Waals surface area contributed by atoms with Crippen molar-refractivity contribution in [3.63, 3.8) is 0 Å². The van der Waals surface area contributed by atoms with Gasteiger partial charge in [0.05, 0.1) is 24.6 Å². The van der Waals surface area contributed by atoms with Crippen molar-refractivity contribution in [1.82, 2.24) is 0 Å². The molecule has 0 N–H and O–H groups in total. The highest BCUT2D eigenvalue weighted by molar-refractivity contribution is 7.76. The molecule has 0 aliphatic carbocycles. The highest BCUT2D eigenvalue weighted by Crippen LogP contribution is 2.60. The molecule has 2 heteroatoms. The molecule has 0 rings (SSSR count). The molecule has 0 unspecified atom stereocenters. The Morgan fingerprint density at radius 2 is 1.18 bits per heavy atom. The summed E-state index contributed by atoms with van der Waals surface area (Å²) in [6.45, 7) is 11.0. The van der Waals surface area contributed by atoms with E-state index in [9.17, 15) is 0 Å². The van der Waals surface area contributed by atoms with Crippen molar-refractivity contribution in [3.8, 4) is 0 Å². The quantitative estimate of drug-likeness (QED) is 0.403. The second kappa shape index (κ2) is 12.9. The monoisotopic (exact) mass is 278 g/mol. The predicted molar refractivity (Wildman–Crippen MR) is 81.3 cm³/mol. The standard InChI is InChI=1S/C15H32P.ClH/c1-5-9-13-16(12-8-4,14-10-6-2)15-11-7-3;/h8H,4-7,9-15H2,1-3H3;1H/q+1;/p-1. The molecule has 0 amide bonds. The van der Waals surface area contributed by atoms with Gasteiger partial charge in [0.25, 0.3) is 0 Å². The first-order chi connectivity index (χ1) is 7.74. The third kappa shape index (κ3) is 9.09. The second-order valence-electron chi connectivity index (χ2n) is 5.04. The Labute approximate surface area is 116 Å². The number of halogens is 1. The normalized spacial score (nSPS) is 11.0. The van der Waals surface area contributed by atoms with Gasteiger partial charge in [-0.3, -0.25) is 0 Å². The van der Waals surface area contributed by atoms with E-state index in [4.69, 9.17) is 0 Å². The van der Waals surface area contributed by atoms with Gasteiger partial charge < -0.3 is 12.4 Å². The van der Waals surface area contributed by atoms with E-state index in [0.717, 1.165) is 0 Å². The molecule has 0 aromatic rings.